The molecule has 0 unspecified atom stereocenters. The molecule has 0 aliphatic heterocycles. The average Bonchev–Trinajstić information content (AvgIpc) is 2.48. The number of rotatable bonds is 5. The molecule has 2 aliphatic carbocycles. The molecule has 0 N–H and O–H groups in total. The molecule has 2 fully saturated rings. The van der Waals surface area contributed by atoms with Crippen molar-refractivity contribution >= 4 is 18.5 Å². The average molecular weight is 315 g/mol. The van der Waals surface area contributed by atoms with Gasteiger partial charge in [0.05, 0.1) is 0 Å². The van der Waals surface area contributed by atoms with Crippen molar-refractivity contribution in [2.75, 3.05) is 0 Å². The maximum absolute atomic E-state index is 7.71. The first-order valence-corrected chi connectivity index (χ1v) is 12.4. The van der Waals surface area contributed by atoms with Crippen LogP contribution in [-0.2, 0) is 0 Å². The van der Waals surface area contributed by atoms with Crippen LogP contribution in [0.4, 0.5) is 0 Å². The van der Waals surface area contributed by atoms with Gasteiger partial charge in [0.2, 0.25) is 0 Å². The number of hydrogen-bond donors (Lipinski definition) is 0. The smallest absolute Gasteiger partial charge is 0.166 e. The molecule has 0 heterocycles. The van der Waals surface area contributed by atoms with Crippen LogP contribution >= 0.6 is 11.1 Å². The Bertz CT molecular complexity index is 270. The van der Waals surface area contributed by atoms with Gasteiger partial charge in [0, 0.05) is 0 Å². The van der Waals surface area contributed by atoms with Crippen molar-refractivity contribution in [2.45, 2.75) is 114 Å². The second kappa shape index (κ2) is 7.18. The van der Waals surface area contributed by atoms with Crippen LogP contribution in [0, 0.1) is 0 Å². The fourth-order valence-corrected chi connectivity index (χ4v) is 12.9. The molecule has 2 rings (SSSR count). The summed E-state index contributed by atoms with van der Waals surface area (Å²) in [6, 6.07) is 0. The molecule has 0 aromatic carbocycles. The molecule has 0 radical (unpaired) electrons. The zero-order valence-electron chi connectivity index (χ0n) is 14.0. The lowest BCUT2D eigenvalue weighted by Gasteiger charge is -2.52. The molecule has 0 saturated heterocycles. The Kier molecular flexibility index (Phi) is 6.06. The Morgan fingerprint density at radius 1 is 0.850 bits per heavy atom. The molecule has 2 saturated carbocycles. The van der Waals surface area contributed by atoms with Crippen LogP contribution in [0.5, 0.6) is 0 Å². The van der Waals surface area contributed by atoms with Gasteiger partial charge >= 0.3 is 0 Å². The lowest BCUT2D eigenvalue weighted by molar-refractivity contribution is 0.428. The molecule has 20 heavy (non-hydrogen) atoms. The number of halogens is 1. The summed E-state index contributed by atoms with van der Waals surface area (Å²) in [5.41, 5.74) is 1.81. The van der Waals surface area contributed by atoms with Gasteiger partial charge in [0.15, 0.2) is 7.38 Å². The standard InChI is InChI=1S/C18H35ClSi/c1-4-15-18(2,3)20(19,16-11-7-5-8-12-16)17-13-9-6-10-14-17/h16-17H,4-15H2,1-3H3. The van der Waals surface area contributed by atoms with E-state index in [4.69, 9.17) is 11.1 Å². The first-order valence-electron chi connectivity index (χ1n) is 9.21. The maximum atomic E-state index is 7.71. The topological polar surface area (TPSA) is 0 Å². The van der Waals surface area contributed by atoms with Gasteiger partial charge in [-0.25, -0.2) is 0 Å². The van der Waals surface area contributed by atoms with Gasteiger partial charge in [-0.05, 0) is 22.5 Å². The number of hydrogen-bond acceptors (Lipinski definition) is 0. The van der Waals surface area contributed by atoms with Crippen molar-refractivity contribution in [3.63, 3.8) is 0 Å². The van der Waals surface area contributed by atoms with E-state index in [0.717, 1.165) is 11.1 Å². The summed E-state index contributed by atoms with van der Waals surface area (Å²) in [5.74, 6) is 0. The highest BCUT2D eigenvalue weighted by Crippen LogP contribution is 2.62. The van der Waals surface area contributed by atoms with Crippen LogP contribution < -0.4 is 0 Å². The van der Waals surface area contributed by atoms with Gasteiger partial charge in [-0.15, -0.1) is 0 Å². The Morgan fingerprint density at radius 2 is 1.25 bits per heavy atom. The molecule has 2 heteroatoms. The van der Waals surface area contributed by atoms with E-state index in [9.17, 15) is 0 Å². The third kappa shape index (κ3) is 3.29. The van der Waals surface area contributed by atoms with E-state index in [1.54, 1.807) is 0 Å². The van der Waals surface area contributed by atoms with Crippen LogP contribution in [-0.4, -0.2) is 7.38 Å². The fraction of sp³-hybridized carbons (Fsp3) is 1.00. The lowest BCUT2D eigenvalue weighted by Crippen LogP contribution is -2.49. The third-order valence-corrected chi connectivity index (χ3v) is 15.6. The van der Waals surface area contributed by atoms with E-state index in [0.29, 0.717) is 5.04 Å². The van der Waals surface area contributed by atoms with Gasteiger partial charge < -0.3 is 0 Å². The van der Waals surface area contributed by atoms with Gasteiger partial charge in [-0.2, -0.15) is 11.1 Å². The van der Waals surface area contributed by atoms with Crippen LogP contribution in [0.3, 0.4) is 0 Å². The highest BCUT2D eigenvalue weighted by molar-refractivity contribution is 7.23. The van der Waals surface area contributed by atoms with E-state index in [1.165, 1.54) is 77.0 Å². The van der Waals surface area contributed by atoms with Crippen molar-refractivity contribution in [3.8, 4) is 0 Å². The predicted octanol–water partition coefficient (Wildman–Crippen LogP) is 7.42. The zero-order valence-corrected chi connectivity index (χ0v) is 15.8. The van der Waals surface area contributed by atoms with Crippen molar-refractivity contribution < 1.29 is 0 Å². The quantitative estimate of drug-likeness (QED) is 0.366. The minimum Gasteiger partial charge on any atom is -0.166 e. The summed E-state index contributed by atoms with van der Waals surface area (Å²) in [6.45, 7) is 7.40. The molecule has 0 aromatic rings. The zero-order chi connectivity index (χ0) is 14.6. The summed E-state index contributed by atoms with van der Waals surface area (Å²) < 4.78 is 0. The molecule has 0 spiro atoms. The predicted molar refractivity (Wildman–Crippen MR) is 94.2 cm³/mol. The largest absolute Gasteiger partial charge is 0.168 e. The Balaban J connectivity index is 2.25. The van der Waals surface area contributed by atoms with E-state index in [-0.39, 0.29) is 0 Å². The highest BCUT2D eigenvalue weighted by Gasteiger charge is 2.55. The molecule has 2 aliphatic rings. The molecule has 0 nitrogen and oxygen atoms in total. The molecule has 0 aromatic heterocycles. The molecule has 0 bridgehead atoms. The first kappa shape index (κ1) is 16.9. The fourth-order valence-electron chi connectivity index (χ4n) is 5.30. The monoisotopic (exact) mass is 314 g/mol. The lowest BCUT2D eigenvalue weighted by atomic mass is 9.99. The van der Waals surface area contributed by atoms with Gasteiger partial charge in [-0.1, -0.05) is 91.4 Å². The van der Waals surface area contributed by atoms with E-state index in [2.05, 4.69) is 20.8 Å². The van der Waals surface area contributed by atoms with Crippen LogP contribution in [0.1, 0.15) is 97.8 Å². The Morgan fingerprint density at radius 3 is 1.60 bits per heavy atom. The molecule has 0 amide bonds. The molecule has 118 valence electrons. The molecular weight excluding hydrogens is 280 g/mol. The maximum Gasteiger partial charge on any atom is 0.168 e. The Labute approximate surface area is 132 Å². The van der Waals surface area contributed by atoms with Crippen molar-refractivity contribution in [1.82, 2.24) is 0 Å². The molecule has 0 atom stereocenters. The Hall–Kier alpha value is 0.507. The van der Waals surface area contributed by atoms with Crippen LogP contribution in [0.25, 0.3) is 0 Å². The minimum absolute atomic E-state index is 0.424. The van der Waals surface area contributed by atoms with Gasteiger partial charge in [0.1, 0.15) is 0 Å². The summed E-state index contributed by atoms with van der Waals surface area (Å²) in [7, 11) is -1.72. The third-order valence-electron chi connectivity index (χ3n) is 6.31. The van der Waals surface area contributed by atoms with Crippen molar-refractivity contribution in [1.29, 1.82) is 0 Å². The summed E-state index contributed by atoms with van der Waals surface area (Å²) in [5, 5.41) is 0.424. The summed E-state index contributed by atoms with van der Waals surface area (Å²) >= 11 is 7.71. The summed E-state index contributed by atoms with van der Waals surface area (Å²) in [6.07, 6.45) is 17.1. The highest BCUT2D eigenvalue weighted by atomic mass is 35.6. The van der Waals surface area contributed by atoms with Gasteiger partial charge in [0.25, 0.3) is 0 Å². The second-order valence-corrected chi connectivity index (χ2v) is 14.5. The van der Waals surface area contributed by atoms with Gasteiger partial charge in [-0.3, -0.25) is 0 Å². The molecular formula is C18H35ClSi. The summed E-state index contributed by atoms with van der Waals surface area (Å²) in [4.78, 5) is 0. The normalized spacial score (nSPS) is 24.0. The van der Waals surface area contributed by atoms with Crippen molar-refractivity contribution in [3.05, 3.63) is 0 Å². The first-order chi connectivity index (χ1) is 9.52. The van der Waals surface area contributed by atoms with Crippen LogP contribution in [0.2, 0.25) is 16.1 Å². The SMILES string of the molecule is CCCC(C)(C)[Si](Cl)(C1CCCCC1)C1CCCCC1. The second-order valence-electron chi connectivity index (χ2n) is 8.07. The minimum atomic E-state index is -1.72. The van der Waals surface area contributed by atoms with E-state index >= 15 is 0 Å². The van der Waals surface area contributed by atoms with E-state index in [1.807, 2.05) is 0 Å². The van der Waals surface area contributed by atoms with Crippen molar-refractivity contribution in [2.24, 2.45) is 0 Å². The van der Waals surface area contributed by atoms with E-state index < -0.39 is 7.38 Å². The van der Waals surface area contributed by atoms with Crippen LogP contribution in [0.15, 0.2) is 0 Å².